The smallest absolute Gasteiger partial charge is 0.419 e. The molecule has 3 fully saturated rings. The molecule has 6 rings (SSSR count). The highest BCUT2D eigenvalue weighted by molar-refractivity contribution is 5.97. The Labute approximate surface area is 287 Å². The van der Waals surface area contributed by atoms with E-state index in [1.165, 1.54) is 39.2 Å². The zero-order valence-electron chi connectivity index (χ0n) is 29.8. The Kier molecular flexibility index (Phi) is 14.2. The van der Waals surface area contributed by atoms with Gasteiger partial charge in [-0.25, -0.2) is 9.37 Å². The normalized spacial score (nSPS) is 26.6. The minimum absolute atomic E-state index is 0.103. The van der Waals surface area contributed by atoms with Crippen molar-refractivity contribution in [2.75, 3.05) is 33.2 Å². The number of methoxy groups -OCH3 is 2. The van der Waals surface area contributed by atoms with Crippen LogP contribution < -0.4 is 15.4 Å². The number of aromatic nitrogens is 2. The van der Waals surface area contributed by atoms with Crippen LogP contribution in [-0.4, -0.2) is 56.6 Å². The number of alkyl halides is 3. The predicted molar refractivity (Wildman–Crippen MR) is 184 cm³/mol. The van der Waals surface area contributed by atoms with E-state index in [-0.39, 0.29) is 12.1 Å². The van der Waals surface area contributed by atoms with Crippen LogP contribution in [-0.2, 0) is 15.7 Å². The minimum atomic E-state index is -4.76. The van der Waals surface area contributed by atoms with Crippen molar-refractivity contribution in [2.24, 2.45) is 35.0 Å². The standard InChI is InChI=1S/C10H10N2O2.C10H20O.C9H17N.C8H5F4NO/c1-6-11-8-3-4-9(14-2)7(5-13)10(8)12-6;1-5-10(3)8(2)6-9(10)7-11-4;1-6-7-3-4-8(5-7)9(6)10-2;9-7-2-1-5(13-4-14)3-6(7)8(10,11)12/h3-5H,1-2H3,(H,11,12);8-9H,5-7H2,1-4H3;6-10H,3-5H2,1-2H3;1-4H,(H,13,14). The Balaban J connectivity index is 0.000000179. The van der Waals surface area contributed by atoms with Gasteiger partial charge in [0.15, 0.2) is 6.29 Å². The SMILES string of the molecule is CCC1(C)C(C)CC1COC.CNC1C2CCC(C2)C1C.COc1ccc2[nH]c(C)nc2c1C=O.O=CNc1ccc(F)c(C(F)(F)F)c1. The molecule has 0 spiro atoms. The van der Waals surface area contributed by atoms with Gasteiger partial charge in [-0.3, -0.25) is 9.59 Å². The maximum Gasteiger partial charge on any atom is 0.419 e. The average Bonchev–Trinajstić information content (AvgIpc) is 3.79. The van der Waals surface area contributed by atoms with E-state index in [1.807, 2.05) is 18.3 Å². The quantitative estimate of drug-likeness (QED) is 0.162. The minimum Gasteiger partial charge on any atom is -0.496 e. The van der Waals surface area contributed by atoms with Gasteiger partial charge in [0, 0.05) is 25.4 Å². The molecular weight excluding hydrogens is 640 g/mol. The molecule has 0 radical (unpaired) electrons. The lowest BCUT2D eigenvalue weighted by Crippen LogP contribution is -2.47. The molecule has 1 amide bonds. The number of H-pyrrole nitrogens is 1. The fraction of sp³-hybridized carbons (Fsp3) is 0.595. The molecule has 49 heavy (non-hydrogen) atoms. The zero-order chi connectivity index (χ0) is 36.5. The second-order valence-electron chi connectivity index (χ2n) is 13.6. The number of halogens is 4. The Morgan fingerprint density at radius 3 is 2.27 bits per heavy atom. The van der Waals surface area contributed by atoms with E-state index in [2.05, 4.69) is 50.0 Å². The molecule has 1 aromatic heterocycles. The van der Waals surface area contributed by atoms with E-state index in [4.69, 9.17) is 9.47 Å². The fourth-order valence-electron chi connectivity index (χ4n) is 7.77. The van der Waals surface area contributed by atoms with E-state index in [0.717, 1.165) is 65.9 Å². The number of hydrogen-bond acceptors (Lipinski definition) is 6. The van der Waals surface area contributed by atoms with Crippen LogP contribution in [0.15, 0.2) is 30.3 Å². The van der Waals surface area contributed by atoms with Crippen LogP contribution in [0.4, 0.5) is 23.2 Å². The number of fused-ring (bicyclic) bond motifs is 3. The van der Waals surface area contributed by atoms with Gasteiger partial charge in [0.2, 0.25) is 6.41 Å². The maximum absolute atomic E-state index is 12.7. The number of aromatic amines is 1. The molecule has 3 aliphatic rings. The molecule has 0 aliphatic heterocycles. The van der Waals surface area contributed by atoms with Crippen molar-refractivity contribution in [3.8, 4) is 5.75 Å². The van der Waals surface area contributed by atoms with Gasteiger partial charge in [-0.05, 0) is 105 Å². The molecular formula is C37H52F4N4O4. The van der Waals surface area contributed by atoms with Gasteiger partial charge in [-0.1, -0.05) is 34.1 Å². The number of aryl methyl sites for hydroxylation is 1. The number of nitrogens with zero attached hydrogens (tertiary/aromatic N) is 1. The molecule has 3 aromatic rings. The summed E-state index contributed by atoms with van der Waals surface area (Å²) in [6.07, 6.45) is 3.37. The van der Waals surface area contributed by atoms with Gasteiger partial charge >= 0.3 is 6.18 Å². The Morgan fingerprint density at radius 2 is 1.78 bits per heavy atom. The fourth-order valence-corrected chi connectivity index (χ4v) is 7.77. The van der Waals surface area contributed by atoms with E-state index in [1.54, 1.807) is 13.2 Å². The summed E-state index contributed by atoms with van der Waals surface area (Å²) in [7, 11) is 5.45. The zero-order valence-corrected chi connectivity index (χ0v) is 29.8. The van der Waals surface area contributed by atoms with Crippen molar-refractivity contribution in [1.29, 1.82) is 0 Å². The van der Waals surface area contributed by atoms with E-state index in [0.29, 0.717) is 34.4 Å². The lowest BCUT2D eigenvalue weighted by molar-refractivity contribution is -0.140. The monoisotopic (exact) mass is 692 g/mol. The third-order valence-corrected chi connectivity index (χ3v) is 11.1. The molecule has 3 aliphatic carbocycles. The summed E-state index contributed by atoms with van der Waals surface area (Å²) in [6.45, 7) is 12.2. The second kappa shape index (κ2) is 17.4. The van der Waals surface area contributed by atoms with Crippen LogP contribution >= 0.6 is 0 Å². The lowest BCUT2D eigenvalue weighted by Gasteiger charge is -2.52. The summed E-state index contributed by atoms with van der Waals surface area (Å²) in [6, 6.07) is 6.67. The third kappa shape index (κ3) is 9.39. The van der Waals surface area contributed by atoms with Gasteiger partial charge in [0.1, 0.15) is 22.9 Å². The number of carbonyl (C=O) groups excluding carboxylic acids is 2. The number of anilines is 1. The molecule has 7 unspecified atom stereocenters. The summed E-state index contributed by atoms with van der Waals surface area (Å²) < 4.78 is 59.3. The Morgan fingerprint density at radius 1 is 1.08 bits per heavy atom. The van der Waals surface area contributed by atoms with E-state index >= 15 is 0 Å². The first-order valence-electron chi connectivity index (χ1n) is 16.9. The van der Waals surface area contributed by atoms with Crippen molar-refractivity contribution >= 4 is 29.4 Å². The van der Waals surface area contributed by atoms with Gasteiger partial charge < -0.3 is 25.1 Å². The summed E-state index contributed by atoms with van der Waals surface area (Å²) >= 11 is 0. The highest BCUT2D eigenvalue weighted by Gasteiger charge is 2.47. The summed E-state index contributed by atoms with van der Waals surface area (Å²) in [5.41, 5.74) is 1.07. The molecule has 2 bridgehead atoms. The van der Waals surface area contributed by atoms with Crippen LogP contribution in [0.5, 0.6) is 5.75 Å². The predicted octanol–water partition coefficient (Wildman–Crippen LogP) is 8.45. The molecule has 8 nitrogen and oxygen atoms in total. The van der Waals surface area contributed by atoms with Gasteiger partial charge in [0.25, 0.3) is 0 Å². The van der Waals surface area contributed by atoms with Crippen LogP contribution in [0.2, 0.25) is 0 Å². The molecule has 2 aromatic carbocycles. The van der Waals surface area contributed by atoms with Crippen molar-refractivity contribution < 1.29 is 36.6 Å². The molecule has 12 heteroatoms. The molecule has 7 atom stereocenters. The Bertz CT molecular complexity index is 1530. The number of ether oxygens (including phenoxy) is 2. The highest BCUT2D eigenvalue weighted by Crippen LogP contribution is 2.53. The number of hydrogen-bond donors (Lipinski definition) is 3. The number of aldehydes is 1. The topological polar surface area (TPSA) is 105 Å². The molecule has 0 saturated heterocycles. The van der Waals surface area contributed by atoms with E-state index < -0.39 is 17.6 Å². The maximum atomic E-state index is 12.7. The highest BCUT2D eigenvalue weighted by atomic mass is 19.4. The van der Waals surface area contributed by atoms with Gasteiger partial charge in [0.05, 0.1) is 23.8 Å². The van der Waals surface area contributed by atoms with Crippen LogP contribution in [0.3, 0.4) is 0 Å². The number of amides is 1. The average molecular weight is 693 g/mol. The van der Waals surface area contributed by atoms with Crippen molar-refractivity contribution in [2.45, 2.75) is 78.9 Å². The number of imidazole rings is 1. The third-order valence-electron chi connectivity index (χ3n) is 11.1. The van der Waals surface area contributed by atoms with Crippen LogP contribution in [0.1, 0.15) is 81.5 Å². The first kappa shape index (κ1) is 39.9. The second-order valence-corrected chi connectivity index (χ2v) is 13.6. The number of nitrogens with one attached hydrogen (secondary N) is 3. The van der Waals surface area contributed by atoms with Crippen LogP contribution in [0.25, 0.3) is 11.0 Å². The molecule has 1 heterocycles. The van der Waals surface area contributed by atoms with Gasteiger partial charge in [-0.15, -0.1) is 0 Å². The first-order valence-corrected chi connectivity index (χ1v) is 16.9. The van der Waals surface area contributed by atoms with Crippen molar-refractivity contribution in [3.05, 3.63) is 53.1 Å². The summed E-state index contributed by atoms with van der Waals surface area (Å²) in [5.74, 6) is 4.71. The summed E-state index contributed by atoms with van der Waals surface area (Å²) in [4.78, 5) is 28.1. The molecule has 3 saturated carbocycles. The lowest BCUT2D eigenvalue weighted by atomic mass is 9.53. The Hall–Kier alpha value is -3.51. The van der Waals surface area contributed by atoms with E-state index in [9.17, 15) is 27.2 Å². The summed E-state index contributed by atoms with van der Waals surface area (Å²) in [5, 5.41) is 5.45. The molecule has 272 valence electrons. The first-order chi connectivity index (χ1) is 23.2. The number of benzene rings is 2. The number of carbonyl (C=O) groups is 2. The molecule has 3 N–H and O–H groups in total. The van der Waals surface area contributed by atoms with Crippen molar-refractivity contribution in [3.63, 3.8) is 0 Å². The van der Waals surface area contributed by atoms with Crippen molar-refractivity contribution in [1.82, 2.24) is 15.3 Å². The van der Waals surface area contributed by atoms with Crippen LogP contribution in [0, 0.1) is 47.7 Å². The number of rotatable bonds is 8. The van der Waals surface area contributed by atoms with Gasteiger partial charge in [-0.2, -0.15) is 13.2 Å². The largest absolute Gasteiger partial charge is 0.496 e.